The summed E-state index contributed by atoms with van der Waals surface area (Å²) in [7, 11) is 0. The Morgan fingerprint density at radius 3 is 2.76 bits per heavy atom. The van der Waals surface area contributed by atoms with Crippen LogP contribution in [0.2, 0.25) is 0 Å². The van der Waals surface area contributed by atoms with E-state index in [1.807, 2.05) is 16.3 Å². The normalized spacial score (nSPS) is 16.8. The molecule has 1 fully saturated rings. The first kappa shape index (κ1) is 17.9. The lowest BCUT2D eigenvalue weighted by Crippen LogP contribution is -2.32. The van der Waals surface area contributed by atoms with E-state index in [1.54, 1.807) is 11.3 Å². The fraction of sp³-hybridized carbons (Fsp3) is 0.333. The molecule has 0 saturated carbocycles. The number of halogens is 1. The van der Waals surface area contributed by atoms with E-state index >= 15 is 0 Å². The van der Waals surface area contributed by atoms with Crippen molar-refractivity contribution in [1.82, 2.24) is 4.90 Å². The van der Waals surface area contributed by atoms with E-state index in [1.165, 1.54) is 40.9 Å². The summed E-state index contributed by atoms with van der Waals surface area (Å²) in [6.07, 6.45) is 2.02. The van der Waals surface area contributed by atoms with Crippen LogP contribution in [0.4, 0.5) is 10.1 Å². The third-order valence-corrected chi connectivity index (χ3v) is 5.92. The molecule has 1 aromatic heterocycles. The Kier molecular flexibility index (Phi) is 6.09. The van der Waals surface area contributed by atoms with Gasteiger partial charge in [-0.2, -0.15) is 0 Å². The smallest absolute Gasteiger partial charge is 0.234 e. The van der Waals surface area contributed by atoms with E-state index in [2.05, 4.69) is 11.4 Å². The van der Waals surface area contributed by atoms with E-state index < -0.39 is 0 Å². The molecule has 25 heavy (non-hydrogen) atoms. The topological polar surface area (TPSA) is 49.4 Å². The first-order valence-corrected chi connectivity index (χ1v) is 10.1. The predicted octanol–water partition coefficient (Wildman–Crippen LogP) is 3.92. The highest BCUT2D eigenvalue weighted by Gasteiger charge is 2.30. The molecule has 4 nitrogen and oxygen atoms in total. The number of thiophene rings is 1. The molecule has 1 unspecified atom stereocenters. The van der Waals surface area contributed by atoms with E-state index in [0.717, 1.165) is 19.4 Å². The molecule has 0 bridgehead atoms. The fourth-order valence-corrected chi connectivity index (χ4v) is 4.46. The van der Waals surface area contributed by atoms with Crippen LogP contribution in [-0.4, -0.2) is 34.8 Å². The zero-order valence-corrected chi connectivity index (χ0v) is 15.2. The summed E-state index contributed by atoms with van der Waals surface area (Å²) in [4.78, 5) is 27.5. The summed E-state index contributed by atoms with van der Waals surface area (Å²) in [6, 6.07) is 9.88. The number of likely N-dealkylation sites (tertiary alicyclic amines) is 1. The van der Waals surface area contributed by atoms with Gasteiger partial charge >= 0.3 is 0 Å². The van der Waals surface area contributed by atoms with Gasteiger partial charge in [-0.25, -0.2) is 4.39 Å². The molecule has 2 amide bonds. The van der Waals surface area contributed by atoms with E-state index in [4.69, 9.17) is 0 Å². The van der Waals surface area contributed by atoms with Crippen molar-refractivity contribution in [3.05, 3.63) is 52.5 Å². The molecule has 1 aliphatic rings. The molecule has 1 saturated heterocycles. The Bertz CT molecular complexity index is 719. The second-order valence-electron chi connectivity index (χ2n) is 5.81. The summed E-state index contributed by atoms with van der Waals surface area (Å²) in [5.41, 5.74) is 0.552. The third-order valence-electron chi connectivity index (χ3n) is 4.03. The van der Waals surface area contributed by atoms with Crippen LogP contribution in [0.1, 0.15) is 23.8 Å². The minimum Gasteiger partial charge on any atom is -0.334 e. The van der Waals surface area contributed by atoms with Crippen molar-refractivity contribution in [3.63, 3.8) is 0 Å². The molecule has 0 radical (unpaired) electrons. The van der Waals surface area contributed by atoms with Gasteiger partial charge in [-0.1, -0.05) is 6.07 Å². The zero-order chi connectivity index (χ0) is 17.6. The molecule has 1 N–H and O–H groups in total. The molecule has 3 rings (SSSR count). The molecule has 0 spiro atoms. The highest BCUT2D eigenvalue weighted by atomic mass is 32.2. The highest BCUT2D eigenvalue weighted by Crippen LogP contribution is 2.34. The average Bonchev–Trinajstić information content (AvgIpc) is 3.27. The largest absolute Gasteiger partial charge is 0.334 e. The Hall–Kier alpha value is -1.86. The van der Waals surface area contributed by atoms with Gasteiger partial charge in [-0.3, -0.25) is 9.59 Å². The van der Waals surface area contributed by atoms with E-state index in [-0.39, 0.29) is 29.4 Å². The number of thioether (sulfide) groups is 1. The number of hydrogen-bond acceptors (Lipinski definition) is 4. The maximum Gasteiger partial charge on any atom is 0.234 e. The highest BCUT2D eigenvalue weighted by molar-refractivity contribution is 8.00. The van der Waals surface area contributed by atoms with Gasteiger partial charge in [-0.05, 0) is 48.6 Å². The van der Waals surface area contributed by atoms with Gasteiger partial charge in [0, 0.05) is 17.1 Å². The molecule has 132 valence electrons. The van der Waals surface area contributed by atoms with Crippen LogP contribution in [0.5, 0.6) is 0 Å². The maximum atomic E-state index is 12.8. The summed E-state index contributed by atoms with van der Waals surface area (Å²) in [6.45, 7) is 0.781. The van der Waals surface area contributed by atoms with E-state index in [0.29, 0.717) is 11.4 Å². The lowest BCUT2D eigenvalue weighted by molar-refractivity contribution is -0.129. The maximum absolute atomic E-state index is 12.8. The van der Waals surface area contributed by atoms with Gasteiger partial charge in [0.1, 0.15) is 5.82 Å². The molecule has 2 heterocycles. The quantitative estimate of drug-likeness (QED) is 0.829. The van der Waals surface area contributed by atoms with Crippen molar-refractivity contribution in [2.75, 3.05) is 23.4 Å². The number of hydrogen-bond donors (Lipinski definition) is 1. The Morgan fingerprint density at radius 1 is 1.24 bits per heavy atom. The number of carbonyl (C=O) groups is 2. The van der Waals surface area contributed by atoms with Crippen LogP contribution >= 0.6 is 23.1 Å². The van der Waals surface area contributed by atoms with Crippen molar-refractivity contribution in [2.24, 2.45) is 0 Å². The van der Waals surface area contributed by atoms with Crippen LogP contribution in [-0.2, 0) is 9.59 Å². The molecular formula is C18H19FN2O2S2. The van der Waals surface area contributed by atoms with Gasteiger partial charge < -0.3 is 10.2 Å². The number of nitrogens with zero attached hydrogens (tertiary/aromatic N) is 1. The van der Waals surface area contributed by atoms with Crippen molar-refractivity contribution in [1.29, 1.82) is 0 Å². The molecule has 1 aliphatic heterocycles. The van der Waals surface area contributed by atoms with Gasteiger partial charge in [0.15, 0.2) is 0 Å². The minimum atomic E-state index is -0.344. The van der Waals surface area contributed by atoms with Crippen molar-refractivity contribution < 1.29 is 14.0 Å². The van der Waals surface area contributed by atoms with Gasteiger partial charge in [0.2, 0.25) is 11.8 Å². The summed E-state index contributed by atoms with van der Waals surface area (Å²) in [5, 5.41) is 4.73. The van der Waals surface area contributed by atoms with E-state index in [9.17, 15) is 14.0 Å². The molecule has 2 aromatic rings. The van der Waals surface area contributed by atoms with Crippen LogP contribution in [0.15, 0.2) is 41.8 Å². The van der Waals surface area contributed by atoms with Crippen molar-refractivity contribution in [2.45, 2.75) is 18.9 Å². The summed E-state index contributed by atoms with van der Waals surface area (Å²) < 4.78 is 12.8. The van der Waals surface area contributed by atoms with Crippen molar-refractivity contribution in [3.8, 4) is 0 Å². The van der Waals surface area contributed by atoms with Gasteiger partial charge in [-0.15, -0.1) is 23.1 Å². The first-order valence-electron chi connectivity index (χ1n) is 8.09. The average molecular weight is 378 g/mol. The van der Waals surface area contributed by atoms with Gasteiger partial charge in [0.25, 0.3) is 0 Å². The second kappa shape index (κ2) is 8.49. The van der Waals surface area contributed by atoms with Crippen LogP contribution < -0.4 is 5.32 Å². The standard InChI is InChI=1S/C18H19FN2O2S2/c19-13-5-7-14(8-6-13)20-17(22)11-24-12-18(23)21-9-1-3-15(21)16-4-2-10-25-16/h2,4-8,10,15H,1,3,9,11-12H2,(H,20,22). The van der Waals surface area contributed by atoms with Crippen LogP contribution in [0.3, 0.4) is 0 Å². The fourth-order valence-electron chi connectivity index (χ4n) is 2.89. The van der Waals surface area contributed by atoms with Gasteiger partial charge in [0.05, 0.1) is 17.5 Å². The number of carbonyl (C=O) groups excluding carboxylic acids is 2. The Morgan fingerprint density at radius 2 is 2.04 bits per heavy atom. The molecule has 7 heteroatoms. The second-order valence-corrected chi connectivity index (χ2v) is 7.77. The molecule has 0 aliphatic carbocycles. The predicted molar refractivity (Wildman–Crippen MR) is 100 cm³/mol. The van der Waals surface area contributed by atoms with Crippen LogP contribution in [0.25, 0.3) is 0 Å². The lowest BCUT2D eigenvalue weighted by Gasteiger charge is -2.23. The first-order chi connectivity index (χ1) is 12.1. The summed E-state index contributed by atoms with van der Waals surface area (Å²) >= 11 is 2.98. The van der Waals surface area contributed by atoms with Crippen LogP contribution in [0, 0.1) is 5.82 Å². The Balaban J connectivity index is 1.44. The number of amides is 2. The summed E-state index contributed by atoms with van der Waals surface area (Å²) in [5.74, 6) is 0.0271. The molecular weight excluding hydrogens is 359 g/mol. The zero-order valence-electron chi connectivity index (χ0n) is 13.6. The number of nitrogens with one attached hydrogen (secondary N) is 1. The van der Waals surface area contributed by atoms with Crippen molar-refractivity contribution >= 4 is 40.6 Å². The Labute approximate surface area is 154 Å². The third kappa shape index (κ3) is 4.83. The number of anilines is 1. The molecule has 1 aromatic carbocycles. The number of benzene rings is 1. The minimum absolute atomic E-state index is 0.0792. The SMILES string of the molecule is O=C(CSCC(=O)N1CCCC1c1cccs1)Nc1ccc(F)cc1. The monoisotopic (exact) mass is 378 g/mol. The molecule has 1 atom stereocenters. The lowest BCUT2D eigenvalue weighted by atomic mass is 10.2. The number of rotatable bonds is 6.